The summed E-state index contributed by atoms with van der Waals surface area (Å²) in [5.41, 5.74) is 9.39. The van der Waals surface area contributed by atoms with Gasteiger partial charge in [0.15, 0.2) is 5.96 Å². The van der Waals surface area contributed by atoms with E-state index in [4.69, 9.17) is 16.2 Å². The predicted octanol–water partition coefficient (Wildman–Crippen LogP) is 0.719. The van der Waals surface area contributed by atoms with Crippen LogP contribution >= 0.6 is 0 Å². The van der Waals surface area contributed by atoms with Gasteiger partial charge in [-0.15, -0.1) is 0 Å². The van der Waals surface area contributed by atoms with Crippen LogP contribution in [0.3, 0.4) is 0 Å². The molecule has 1 aromatic rings. The number of halogens is 3. The standard InChI is InChI=1S/C11H14F3N3O2/c12-11(13,14)7-1-3-9(4-2-7)19-6-8(18)5-17-10(15)16/h1-4,8,18H,5-6H2,(H4,15,16,17). The number of rotatable bonds is 5. The first-order chi connectivity index (χ1) is 8.79. The average Bonchev–Trinajstić information content (AvgIpc) is 2.33. The van der Waals surface area contributed by atoms with Gasteiger partial charge in [0, 0.05) is 0 Å². The Kier molecular flexibility index (Phi) is 4.99. The Morgan fingerprint density at radius 2 is 1.84 bits per heavy atom. The third-order valence-corrected chi connectivity index (χ3v) is 2.11. The lowest BCUT2D eigenvalue weighted by Crippen LogP contribution is -2.27. The summed E-state index contributed by atoms with van der Waals surface area (Å²) in [6, 6.07) is 4.15. The number of ether oxygens (including phenoxy) is 1. The molecule has 8 heteroatoms. The summed E-state index contributed by atoms with van der Waals surface area (Å²) >= 11 is 0. The Morgan fingerprint density at radius 3 is 2.32 bits per heavy atom. The third-order valence-electron chi connectivity index (χ3n) is 2.11. The van der Waals surface area contributed by atoms with Gasteiger partial charge in [-0.3, -0.25) is 4.99 Å². The van der Waals surface area contributed by atoms with Gasteiger partial charge in [-0.1, -0.05) is 0 Å². The smallest absolute Gasteiger partial charge is 0.416 e. The lowest BCUT2D eigenvalue weighted by Gasteiger charge is -2.11. The van der Waals surface area contributed by atoms with E-state index in [1.54, 1.807) is 0 Å². The summed E-state index contributed by atoms with van der Waals surface area (Å²) in [4.78, 5) is 3.58. The van der Waals surface area contributed by atoms with E-state index < -0.39 is 17.8 Å². The predicted molar refractivity (Wildman–Crippen MR) is 63.6 cm³/mol. The maximum Gasteiger partial charge on any atom is 0.416 e. The molecule has 0 amide bonds. The molecule has 0 fully saturated rings. The van der Waals surface area contributed by atoms with Crippen molar-refractivity contribution in [1.29, 1.82) is 0 Å². The molecule has 19 heavy (non-hydrogen) atoms. The number of hydrogen-bond donors (Lipinski definition) is 3. The summed E-state index contributed by atoms with van der Waals surface area (Å²) in [7, 11) is 0. The van der Waals surface area contributed by atoms with Crippen molar-refractivity contribution in [2.24, 2.45) is 16.5 Å². The Balaban J connectivity index is 2.48. The van der Waals surface area contributed by atoms with Gasteiger partial charge in [0.05, 0.1) is 12.1 Å². The Morgan fingerprint density at radius 1 is 1.26 bits per heavy atom. The molecule has 0 saturated carbocycles. The molecule has 0 bridgehead atoms. The second-order valence-corrected chi connectivity index (χ2v) is 3.75. The summed E-state index contributed by atoms with van der Waals surface area (Å²) in [6.07, 6.45) is -5.32. The largest absolute Gasteiger partial charge is 0.491 e. The van der Waals surface area contributed by atoms with Crippen LogP contribution in [0, 0.1) is 0 Å². The van der Waals surface area contributed by atoms with Crippen LogP contribution in [0.15, 0.2) is 29.3 Å². The fourth-order valence-electron chi connectivity index (χ4n) is 1.20. The van der Waals surface area contributed by atoms with Crippen molar-refractivity contribution in [2.75, 3.05) is 13.2 Å². The summed E-state index contributed by atoms with van der Waals surface area (Å²) in [5, 5.41) is 9.42. The molecule has 1 atom stereocenters. The van der Waals surface area contributed by atoms with E-state index in [-0.39, 0.29) is 24.9 Å². The van der Waals surface area contributed by atoms with Crippen molar-refractivity contribution >= 4 is 5.96 Å². The highest BCUT2D eigenvalue weighted by Crippen LogP contribution is 2.30. The minimum Gasteiger partial charge on any atom is -0.491 e. The van der Waals surface area contributed by atoms with E-state index in [0.29, 0.717) is 0 Å². The molecule has 1 rings (SSSR count). The molecule has 1 aromatic carbocycles. The molecule has 0 spiro atoms. The number of aliphatic hydroxyl groups is 1. The second kappa shape index (κ2) is 6.28. The maximum absolute atomic E-state index is 12.3. The van der Waals surface area contributed by atoms with Crippen LogP contribution in [0.2, 0.25) is 0 Å². The van der Waals surface area contributed by atoms with Crippen molar-refractivity contribution < 1.29 is 23.0 Å². The van der Waals surface area contributed by atoms with Gasteiger partial charge in [-0.25, -0.2) is 0 Å². The Hall–Kier alpha value is -1.96. The molecule has 0 saturated heterocycles. The van der Waals surface area contributed by atoms with Crippen molar-refractivity contribution in [2.45, 2.75) is 12.3 Å². The zero-order chi connectivity index (χ0) is 14.5. The van der Waals surface area contributed by atoms with Gasteiger partial charge in [0.1, 0.15) is 18.5 Å². The van der Waals surface area contributed by atoms with Crippen LogP contribution in [-0.4, -0.2) is 30.3 Å². The van der Waals surface area contributed by atoms with Crippen LogP contribution in [0.25, 0.3) is 0 Å². The lowest BCUT2D eigenvalue weighted by atomic mass is 10.2. The first-order valence-corrected chi connectivity index (χ1v) is 5.32. The first kappa shape index (κ1) is 15.1. The van der Waals surface area contributed by atoms with E-state index in [0.717, 1.165) is 12.1 Å². The highest BCUT2D eigenvalue weighted by Gasteiger charge is 2.30. The summed E-state index contributed by atoms with van der Waals surface area (Å²) < 4.78 is 42.0. The van der Waals surface area contributed by atoms with Crippen LogP contribution in [0.1, 0.15) is 5.56 Å². The van der Waals surface area contributed by atoms with E-state index in [9.17, 15) is 18.3 Å². The molecule has 0 aliphatic rings. The van der Waals surface area contributed by atoms with Gasteiger partial charge in [-0.05, 0) is 24.3 Å². The highest BCUT2D eigenvalue weighted by atomic mass is 19.4. The zero-order valence-corrected chi connectivity index (χ0v) is 9.89. The van der Waals surface area contributed by atoms with Crippen LogP contribution in [-0.2, 0) is 6.18 Å². The summed E-state index contributed by atoms with van der Waals surface area (Å²) in [5.74, 6) is 0.0605. The van der Waals surface area contributed by atoms with Gasteiger partial charge >= 0.3 is 6.18 Å². The normalized spacial score (nSPS) is 12.8. The van der Waals surface area contributed by atoms with Gasteiger partial charge in [0.25, 0.3) is 0 Å². The highest BCUT2D eigenvalue weighted by molar-refractivity contribution is 5.75. The molecular formula is C11H14F3N3O2. The van der Waals surface area contributed by atoms with E-state index in [1.165, 1.54) is 12.1 Å². The van der Waals surface area contributed by atoms with Crippen molar-refractivity contribution in [3.63, 3.8) is 0 Å². The minimum atomic E-state index is -4.38. The van der Waals surface area contributed by atoms with Crippen molar-refractivity contribution in [1.82, 2.24) is 0 Å². The molecule has 5 N–H and O–H groups in total. The molecule has 106 valence electrons. The monoisotopic (exact) mass is 277 g/mol. The van der Waals surface area contributed by atoms with Crippen molar-refractivity contribution in [3.8, 4) is 5.75 Å². The molecule has 5 nitrogen and oxygen atoms in total. The molecule has 0 aliphatic heterocycles. The quantitative estimate of drug-likeness (QED) is 0.546. The maximum atomic E-state index is 12.3. The molecular weight excluding hydrogens is 263 g/mol. The van der Waals surface area contributed by atoms with Gasteiger partial charge in [0.2, 0.25) is 0 Å². The molecule has 1 unspecified atom stereocenters. The molecule has 0 aliphatic carbocycles. The lowest BCUT2D eigenvalue weighted by molar-refractivity contribution is -0.137. The number of benzene rings is 1. The molecule has 0 aromatic heterocycles. The van der Waals surface area contributed by atoms with Gasteiger partial charge in [-0.2, -0.15) is 13.2 Å². The SMILES string of the molecule is NC(N)=NCC(O)COc1ccc(C(F)(F)F)cc1. The molecule has 0 heterocycles. The van der Waals surface area contributed by atoms with E-state index in [1.807, 2.05) is 0 Å². The average molecular weight is 277 g/mol. The third kappa shape index (κ3) is 5.47. The van der Waals surface area contributed by atoms with E-state index in [2.05, 4.69) is 4.99 Å². The summed E-state index contributed by atoms with van der Waals surface area (Å²) in [6.45, 7) is -0.162. The first-order valence-electron chi connectivity index (χ1n) is 5.32. The number of aliphatic imine (C=N–C) groups is 1. The number of nitrogens with two attached hydrogens (primary N) is 2. The fraction of sp³-hybridized carbons (Fsp3) is 0.364. The number of guanidine groups is 1. The Labute approximate surface area is 107 Å². The fourth-order valence-corrected chi connectivity index (χ4v) is 1.20. The Bertz CT molecular complexity index is 428. The van der Waals surface area contributed by atoms with Crippen LogP contribution in [0.5, 0.6) is 5.75 Å². The zero-order valence-electron chi connectivity index (χ0n) is 9.89. The second-order valence-electron chi connectivity index (χ2n) is 3.75. The minimum absolute atomic E-state index is 0.0387. The van der Waals surface area contributed by atoms with E-state index >= 15 is 0 Å². The number of nitrogens with zero attached hydrogens (tertiary/aromatic N) is 1. The number of aliphatic hydroxyl groups excluding tert-OH is 1. The molecule has 0 radical (unpaired) electrons. The van der Waals surface area contributed by atoms with Crippen molar-refractivity contribution in [3.05, 3.63) is 29.8 Å². The van der Waals surface area contributed by atoms with Crippen LogP contribution in [0.4, 0.5) is 13.2 Å². The number of alkyl halides is 3. The number of hydrogen-bond acceptors (Lipinski definition) is 3. The van der Waals surface area contributed by atoms with Crippen LogP contribution < -0.4 is 16.2 Å². The van der Waals surface area contributed by atoms with Gasteiger partial charge < -0.3 is 21.3 Å². The topological polar surface area (TPSA) is 93.9 Å².